The van der Waals surface area contributed by atoms with Gasteiger partial charge in [-0.15, -0.1) is 0 Å². The van der Waals surface area contributed by atoms with Crippen LogP contribution in [0.5, 0.6) is 11.5 Å². The van der Waals surface area contributed by atoms with E-state index in [1.807, 2.05) is 0 Å². The first kappa shape index (κ1) is 15.8. The number of hydrogen-bond donors (Lipinski definition) is 4. The van der Waals surface area contributed by atoms with Crippen molar-refractivity contribution in [3.05, 3.63) is 55.6 Å². The van der Waals surface area contributed by atoms with E-state index >= 15 is 0 Å². The minimum atomic E-state index is -1.00. The summed E-state index contributed by atoms with van der Waals surface area (Å²) in [7, 11) is 0. The van der Waals surface area contributed by atoms with Crippen LogP contribution in [-0.4, -0.2) is 20.4 Å². The summed E-state index contributed by atoms with van der Waals surface area (Å²) in [5.74, 6) is -3.18. The van der Waals surface area contributed by atoms with E-state index in [4.69, 9.17) is 19.0 Å². The number of aliphatic hydroxyl groups is 2. The molecule has 2 heterocycles. The summed E-state index contributed by atoms with van der Waals surface area (Å²) in [5, 5.41) is 37.7. The van der Waals surface area contributed by atoms with Crippen molar-refractivity contribution >= 4 is 0 Å². The van der Waals surface area contributed by atoms with Gasteiger partial charge in [0.15, 0.2) is 11.5 Å². The van der Waals surface area contributed by atoms with Gasteiger partial charge in [-0.25, -0.2) is 0 Å². The van der Waals surface area contributed by atoms with E-state index in [1.54, 1.807) is 0 Å². The lowest BCUT2D eigenvalue weighted by Gasteiger charge is -2.14. The second-order valence-electron chi connectivity index (χ2n) is 4.62. The second-order valence-corrected chi connectivity index (χ2v) is 4.62. The molecule has 0 aliphatic rings. The topological polar surface area (TPSA) is 141 Å². The molecule has 0 saturated heterocycles. The summed E-state index contributed by atoms with van der Waals surface area (Å²) in [6.45, 7) is 0.280. The van der Waals surface area contributed by atoms with E-state index in [2.05, 4.69) is 0 Å². The van der Waals surface area contributed by atoms with Crippen LogP contribution in [0, 0.1) is 0 Å². The highest BCUT2D eigenvalue weighted by Gasteiger charge is 2.25. The normalized spacial score (nSPS) is 11.1. The third-order valence-electron chi connectivity index (χ3n) is 3.10. The summed E-state index contributed by atoms with van der Waals surface area (Å²) in [6, 6.07) is 1.84. The predicted molar refractivity (Wildman–Crippen MR) is 72.6 cm³/mol. The fraction of sp³-hybridized carbons (Fsp3) is 0.286. The average Bonchev–Trinajstić information content (AvgIpc) is 2.51. The summed E-state index contributed by atoms with van der Waals surface area (Å²) >= 11 is 0. The molecule has 4 N–H and O–H groups in total. The van der Waals surface area contributed by atoms with Gasteiger partial charge in [-0.1, -0.05) is 0 Å². The standard InChI is InChI=1S/C14H14O8/c1-6(13-11(19)9(17)2-7(4-15)21-13)14-12(20)10(18)3-8(5-16)22-14/h2-3,6,15-16,19-20H,4-5H2,1H3. The molecule has 0 unspecified atom stereocenters. The first-order chi connectivity index (χ1) is 10.4. The lowest BCUT2D eigenvalue weighted by Crippen LogP contribution is -2.11. The molecule has 2 aromatic heterocycles. The van der Waals surface area contributed by atoms with Gasteiger partial charge in [0.2, 0.25) is 22.4 Å². The molecule has 0 amide bonds. The molecular weight excluding hydrogens is 296 g/mol. The van der Waals surface area contributed by atoms with Crippen molar-refractivity contribution < 1.29 is 29.3 Å². The van der Waals surface area contributed by atoms with Gasteiger partial charge in [-0.2, -0.15) is 0 Å². The van der Waals surface area contributed by atoms with Crippen molar-refractivity contribution in [2.75, 3.05) is 0 Å². The van der Waals surface area contributed by atoms with Crippen LogP contribution in [0.15, 0.2) is 30.6 Å². The highest BCUT2D eigenvalue weighted by molar-refractivity contribution is 5.37. The fourth-order valence-electron chi connectivity index (χ4n) is 1.97. The molecule has 8 heteroatoms. The Bertz CT molecular complexity index is 734. The van der Waals surface area contributed by atoms with Gasteiger partial charge in [-0.05, 0) is 6.92 Å². The molecule has 118 valence electrons. The van der Waals surface area contributed by atoms with Crippen LogP contribution in [0.2, 0.25) is 0 Å². The maximum atomic E-state index is 11.6. The van der Waals surface area contributed by atoms with Crippen molar-refractivity contribution in [3.63, 3.8) is 0 Å². The van der Waals surface area contributed by atoms with Crippen LogP contribution in [0.3, 0.4) is 0 Å². The summed E-state index contributed by atoms with van der Waals surface area (Å²) < 4.78 is 10.4. The van der Waals surface area contributed by atoms with Gasteiger partial charge < -0.3 is 29.3 Å². The number of hydrogen-bond acceptors (Lipinski definition) is 8. The van der Waals surface area contributed by atoms with Gasteiger partial charge in [-0.3, -0.25) is 9.59 Å². The van der Waals surface area contributed by atoms with Crippen LogP contribution >= 0.6 is 0 Å². The molecule has 0 spiro atoms. The third kappa shape index (κ3) is 2.74. The van der Waals surface area contributed by atoms with Crippen LogP contribution in [-0.2, 0) is 13.2 Å². The number of aromatic hydroxyl groups is 2. The van der Waals surface area contributed by atoms with Gasteiger partial charge in [0.25, 0.3) is 0 Å². The Balaban J connectivity index is 2.65. The minimum absolute atomic E-state index is 0.0928. The third-order valence-corrected chi connectivity index (χ3v) is 3.10. The first-order valence-electron chi connectivity index (χ1n) is 6.32. The molecule has 8 nitrogen and oxygen atoms in total. The molecule has 2 rings (SSSR count). The Hall–Kier alpha value is -2.58. The zero-order valence-electron chi connectivity index (χ0n) is 11.6. The van der Waals surface area contributed by atoms with Crippen molar-refractivity contribution in [1.29, 1.82) is 0 Å². The molecule has 0 radical (unpaired) electrons. The van der Waals surface area contributed by atoms with Crippen LogP contribution in [0.4, 0.5) is 0 Å². The maximum Gasteiger partial charge on any atom is 0.227 e. The molecule has 0 aliphatic carbocycles. The largest absolute Gasteiger partial charge is 0.502 e. The quantitative estimate of drug-likeness (QED) is 0.625. The molecule has 0 bridgehead atoms. The highest BCUT2D eigenvalue weighted by atomic mass is 16.4. The lowest BCUT2D eigenvalue weighted by atomic mass is 10.0. The zero-order chi connectivity index (χ0) is 16.4. The fourth-order valence-corrected chi connectivity index (χ4v) is 1.97. The Morgan fingerprint density at radius 2 is 1.27 bits per heavy atom. The van der Waals surface area contributed by atoms with Gasteiger partial charge >= 0.3 is 0 Å². The average molecular weight is 310 g/mol. The molecule has 0 aromatic carbocycles. The van der Waals surface area contributed by atoms with Gasteiger partial charge in [0.1, 0.15) is 24.7 Å². The van der Waals surface area contributed by atoms with E-state index in [9.17, 15) is 19.8 Å². The summed E-state index contributed by atoms with van der Waals surface area (Å²) in [5.41, 5.74) is -1.56. The van der Waals surface area contributed by atoms with Crippen molar-refractivity contribution in [1.82, 2.24) is 0 Å². The van der Waals surface area contributed by atoms with E-state index in [1.165, 1.54) is 6.92 Å². The van der Waals surface area contributed by atoms with Crippen LogP contribution < -0.4 is 10.9 Å². The minimum Gasteiger partial charge on any atom is -0.502 e. The van der Waals surface area contributed by atoms with E-state index in [0.717, 1.165) is 12.1 Å². The zero-order valence-corrected chi connectivity index (χ0v) is 11.6. The van der Waals surface area contributed by atoms with Crippen molar-refractivity contribution in [3.8, 4) is 11.5 Å². The molecular formula is C14H14O8. The monoisotopic (exact) mass is 310 g/mol. The smallest absolute Gasteiger partial charge is 0.227 e. The van der Waals surface area contributed by atoms with Crippen LogP contribution in [0.25, 0.3) is 0 Å². The number of aliphatic hydroxyl groups excluding tert-OH is 2. The molecule has 0 fully saturated rings. The molecule has 22 heavy (non-hydrogen) atoms. The van der Waals surface area contributed by atoms with Crippen molar-refractivity contribution in [2.45, 2.75) is 26.1 Å². The van der Waals surface area contributed by atoms with Crippen molar-refractivity contribution in [2.24, 2.45) is 0 Å². The summed E-state index contributed by atoms with van der Waals surface area (Å²) in [4.78, 5) is 23.2. The van der Waals surface area contributed by atoms with Gasteiger partial charge in [0, 0.05) is 12.1 Å². The lowest BCUT2D eigenvalue weighted by molar-refractivity contribution is 0.223. The van der Waals surface area contributed by atoms with E-state index < -0.39 is 41.5 Å². The predicted octanol–water partition coefficient (Wildman–Crippen LogP) is 0.141. The van der Waals surface area contributed by atoms with E-state index in [0.29, 0.717) is 0 Å². The Morgan fingerprint density at radius 1 is 0.909 bits per heavy atom. The molecule has 0 saturated carbocycles. The number of rotatable bonds is 4. The SMILES string of the molecule is CC(c1oc(CO)cc(=O)c1O)c1oc(CO)cc(=O)c1O. The Labute approximate surface area is 123 Å². The maximum absolute atomic E-state index is 11.6. The van der Waals surface area contributed by atoms with Gasteiger partial charge in [0.05, 0.1) is 5.92 Å². The Kier molecular flexibility index (Phi) is 4.34. The Morgan fingerprint density at radius 3 is 1.59 bits per heavy atom. The first-order valence-corrected chi connectivity index (χ1v) is 6.32. The molecule has 0 aliphatic heterocycles. The molecule has 0 atom stereocenters. The molecule has 2 aromatic rings. The highest BCUT2D eigenvalue weighted by Crippen LogP contribution is 2.33. The summed E-state index contributed by atoms with van der Waals surface area (Å²) in [6.07, 6.45) is 0. The second kappa shape index (κ2) is 6.04. The van der Waals surface area contributed by atoms with Crippen LogP contribution in [0.1, 0.15) is 35.9 Å². The van der Waals surface area contributed by atoms with E-state index in [-0.39, 0.29) is 23.0 Å².